The molecule has 30 heavy (non-hydrogen) atoms. The molecular formula is C22H24N2NaO4S. The molecule has 1 aliphatic rings. The fourth-order valence-corrected chi connectivity index (χ4v) is 5.44. The van der Waals surface area contributed by atoms with Gasteiger partial charge in [-0.1, -0.05) is 35.9 Å². The first-order valence-electron chi connectivity index (χ1n) is 9.75. The van der Waals surface area contributed by atoms with E-state index in [1.54, 1.807) is 24.3 Å². The zero-order valence-electron chi connectivity index (χ0n) is 17.3. The number of sulfonamides is 1. The van der Waals surface area contributed by atoms with E-state index in [9.17, 15) is 13.2 Å². The number of carbonyl (C=O) groups is 1. The smallest absolute Gasteiger partial charge is 0.305 e. The van der Waals surface area contributed by atoms with Crippen LogP contribution in [0.3, 0.4) is 0 Å². The topological polar surface area (TPSA) is 88.4 Å². The SMILES string of the molecule is Cc1ccc(S(=O)(=O)NC2CCc3c(c4ccccc4n3CCC(=O)O)C2)cc1.[Na]. The summed E-state index contributed by atoms with van der Waals surface area (Å²) in [7, 11) is -3.58. The molecule has 0 aliphatic heterocycles. The van der Waals surface area contributed by atoms with Gasteiger partial charge in [-0.3, -0.25) is 4.79 Å². The predicted octanol–water partition coefficient (Wildman–Crippen LogP) is 2.88. The predicted molar refractivity (Wildman–Crippen MR) is 117 cm³/mol. The summed E-state index contributed by atoms with van der Waals surface area (Å²) >= 11 is 0. The third-order valence-corrected chi connectivity index (χ3v) is 7.11. The Morgan fingerprint density at radius 2 is 1.87 bits per heavy atom. The van der Waals surface area contributed by atoms with Crippen molar-refractivity contribution in [2.24, 2.45) is 0 Å². The number of benzene rings is 2. The number of aryl methyl sites for hydroxylation is 2. The van der Waals surface area contributed by atoms with Crippen molar-refractivity contribution in [2.45, 2.75) is 50.1 Å². The molecule has 2 N–H and O–H groups in total. The van der Waals surface area contributed by atoms with Gasteiger partial charge in [0.05, 0.1) is 11.3 Å². The maximum Gasteiger partial charge on any atom is 0.305 e. The number of carboxylic acids is 1. The maximum absolute atomic E-state index is 12.8. The van der Waals surface area contributed by atoms with E-state index in [0.29, 0.717) is 25.8 Å². The Hall–Kier alpha value is -1.64. The molecule has 0 amide bonds. The molecule has 3 aromatic rings. The first kappa shape index (κ1) is 23.0. The van der Waals surface area contributed by atoms with Crippen molar-refractivity contribution in [2.75, 3.05) is 0 Å². The molecule has 0 saturated carbocycles. The van der Waals surface area contributed by atoms with E-state index in [-0.39, 0.29) is 46.9 Å². The van der Waals surface area contributed by atoms with Gasteiger partial charge >= 0.3 is 5.97 Å². The van der Waals surface area contributed by atoms with E-state index in [4.69, 9.17) is 5.11 Å². The number of aliphatic carboxylic acids is 1. The average molecular weight is 436 g/mol. The summed E-state index contributed by atoms with van der Waals surface area (Å²) in [5.41, 5.74) is 4.27. The first-order chi connectivity index (χ1) is 13.8. The Morgan fingerprint density at radius 1 is 1.17 bits per heavy atom. The second kappa shape index (κ2) is 9.24. The van der Waals surface area contributed by atoms with Crippen molar-refractivity contribution in [1.82, 2.24) is 9.29 Å². The average Bonchev–Trinajstić information content (AvgIpc) is 2.99. The van der Waals surface area contributed by atoms with Gasteiger partial charge in [0.1, 0.15) is 0 Å². The van der Waals surface area contributed by atoms with E-state index in [2.05, 4.69) is 9.29 Å². The van der Waals surface area contributed by atoms with E-state index >= 15 is 0 Å². The van der Waals surface area contributed by atoms with Gasteiger partial charge in [-0.15, -0.1) is 0 Å². The molecule has 0 bridgehead atoms. The normalized spacial score (nSPS) is 16.1. The molecule has 0 spiro atoms. The minimum Gasteiger partial charge on any atom is -0.481 e. The van der Waals surface area contributed by atoms with Crippen LogP contribution in [0, 0.1) is 6.92 Å². The number of hydrogen-bond acceptors (Lipinski definition) is 3. The molecule has 1 atom stereocenters. The summed E-state index contributed by atoms with van der Waals surface area (Å²) in [5.74, 6) is -0.823. The number of nitrogens with one attached hydrogen (secondary N) is 1. The molecule has 0 fully saturated rings. The van der Waals surface area contributed by atoms with Gasteiger partial charge in [0, 0.05) is 58.7 Å². The number of carboxylic acid groups (broad SMARTS) is 1. The van der Waals surface area contributed by atoms with Crippen LogP contribution in [0.5, 0.6) is 0 Å². The molecule has 1 unspecified atom stereocenters. The standard InChI is InChI=1S/C22H24N2O4S.Na/c1-15-6-9-17(10-7-15)29(27,28)23-16-8-11-21-19(14-16)18-4-2-3-5-20(18)24(21)13-12-22(25)26;/h2-7,9-10,16,23H,8,11-14H2,1H3,(H,25,26);. The largest absolute Gasteiger partial charge is 0.481 e. The molecule has 8 heteroatoms. The molecule has 1 heterocycles. The van der Waals surface area contributed by atoms with Crippen molar-refractivity contribution < 1.29 is 18.3 Å². The monoisotopic (exact) mass is 435 g/mol. The van der Waals surface area contributed by atoms with E-state index < -0.39 is 16.0 Å². The number of nitrogens with zero attached hydrogens (tertiary/aromatic N) is 1. The molecule has 0 saturated heterocycles. The van der Waals surface area contributed by atoms with Crippen LogP contribution >= 0.6 is 0 Å². The number of para-hydroxylation sites is 1. The van der Waals surface area contributed by atoms with Crippen LogP contribution in [0.1, 0.15) is 29.7 Å². The molecule has 153 valence electrons. The fraction of sp³-hybridized carbons (Fsp3) is 0.318. The Labute approximate surface area is 198 Å². The van der Waals surface area contributed by atoms with Crippen molar-refractivity contribution >= 4 is 56.5 Å². The van der Waals surface area contributed by atoms with Gasteiger partial charge in [-0.25, -0.2) is 13.1 Å². The number of hydrogen-bond donors (Lipinski definition) is 2. The number of fused-ring (bicyclic) bond motifs is 3. The minimum atomic E-state index is -3.58. The molecule has 6 nitrogen and oxygen atoms in total. The van der Waals surface area contributed by atoms with Crippen LogP contribution in [-0.2, 0) is 34.2 Å². The van der Waals surface area contributed by atoms with E-state index in [1.807, 2.05) is 31.2 Å². The van der Waals surface area contributed by atoms with Gasteiger partial charge < -0.3 is 9.67 Å². The van der Waals surface area contributed by atoms with Crippen molar-refractivity contribution in [3.63, 3.8) is 0 Å². The van der Waals surface area contributed by atoms with E-state index in [0.717, 1.165) is 27.7 Å². The summed E-state index contributed by atoms with van der Waals surface area (Å²) in [4.78, 5) is 11.3. The first-order valence-corrected chi connectivity index (χ1v) is 11.2. The third-order valence-electron chi connectivity index (χ3n) is 5.58. The van der Waals surface area contributed by atoms with Crippen LogP contribution in [0.25, 0.3) is 10.9 Å². The van der Waals surface area contributed by atoms with Gasteiger partial charge in [0.25, 0.3) is 0 Å². The Morgan fingerprint density at radius 3 is 2.57 bits per heavy atom. The summed E-state index contributed by atoms with van der Waals surface area (Å²) in [6.07, 6.45) is 2.06. The molecular weight excluding hydrogens is 411 g/mol. The number of aromatic nitrogens is 1. The van der Waals surface area contributed by atoms with Gasteiger partial charge in [0.2, 0.25) is 10.0 Å². The van der Waals surface area contributed by atoms with Gasteiger partial charge in [0.15, 0.2) is 0 Å². The van der Waals surface area contributed by atoms with Crippen LogP contribution in [0.15, 0.2) is 53.4 Å². The molecule has 1 aliphatic carbocycles. The molecule has 1 radical (unpaired) electrons. The zero-order valence-corrected chi connectivity index (χ0v) is 20.1. The molecule has 1 aromatic heterocycles. The third kappa shape index (κ3) is 4.65. The fourth-order valence-electron chi connectivity index (χ4n) is 4.17. The summed E-state index contributed by atoms with van der Waals surface area (Å²) in [6.45, 7) is 2.34. The van der Waals surface area contributed by atoms with Crippen molar-refractivity contribution in [3.8, 4) is 0 Å². The van der Waals surface area contributed by atoms with Crippen LogP contribution in [0.2, 0.25) is 0 Å². The summed E-state index contributed by atoms with van der Waals surface area (Å²) in [5, 5.41) is 10.2. The van der Waals surface area contributed by atoms with E-state index in [1.165, 1.54) is 0 Å². The Kier molecular flexibility index (Phi) is 7.09. The minimum absolute atomic E-state index is 0. The van der Waals surface area contributed by atoms with Crippen molar-refractivity contribution in [3.05, 3.63) is 65.4 Å². The second-order valence-electron chi connectivity index (χ2n) is 7.61. The number of rotatable bonds is 6. The van der Waals surface area contributed by atoms with Crippen LogP contribution < -0.4 is 4.72 Å². The zero-order chi connectivity index (χ0) is 20.6. The quantitative estimate of drug-likeness (QED) is 0.583. The van der Waals surface area contributed by atoms with Crippen LogP contribution in [-0.4, -0.2) is 59.7 Å². The second-order valence-corrected chi connectivity index (χ2v) is 9.33. The maximum atomic E-state index is 12.8. The van der Waals surface area contributed by atoms with Gasteiger partial charge in [-0.05, 0) is 49.9 Å². The van der Waals surface area contributed by atoms with Crippen molar-refractivity contribution in [1.29, 1.82) is 0 Å². The van der Waals surface area contributed by atoms with Gasteiger partial charge in [-0.2, -0.15) is 0 Å². The van der Waals surface area contributed by atoms with Crippen LogP contribution in [0.4, 0.5) is 0 Å². The Balaban J connectivity index is 0.00000256. The summed E-state index contributed by atoms with van der Waals surface area (Å²) < 4.78 is 30.5. The Bertz CT molecular complexity index is 1170. The summed E-state index contributed by atoms with van der Waals surface area (Å²) in [6, 6.07) is 14.6. The molecule has 4 rings (SSSR count). The molecule has 2 aromatic carbocycles.